The number of hydrogen-bond acceptors (Lipinski definition) is 5. The first-order chi connectivity index (χ1) is 12.9. The molecule has 0 bridgehead atoms. The van der Waals surface area contributed by atoms with E-state index in [9.17, 15) is 4.79 Å². The second-order valence-corrected chi connectivity index (χ2v) is 6.85. The van der Waals surface area contributed by atoms with Crippen LogP contribution in [0.3, 0.4) is 0 Å². The van der Waals surface area contributed by atoms with Crippen molar-refractivity contribution < 1.29 is 24.2 Å². The Morgan fingerprint density at radius 1 is 1.26 bits per heavy atom. The van der Waals surface area contributed by atoms with E-state index in [0.29, 0.717) is 23.6 Å². The van der Waals surface area contributed by atoms with Crippen LogP contribution in [0.25, 0.3) is 0 Å². The first-order valence-electron chi connectivity index (χ1n) is 8.84. The molecule has 0 fully saturated rings. The van der Waals surface area contributed by atoms with E-state index in [4.69, 9.17) is 19.4 Å². The number of allylic oxidation sites excluding steroid dienone is 3. The van der Waals surface area contributed by atoms with Crippen molar-refractivity contribution in [1.82, 2.24) is 5.48 Å². The molecule has 0 saturated heterocycles. The average molecular weight is 372 g/mol. The van der Waals surface area contributed by atoms with Crippen LogP contribution in [0.15, 0.2) is 59.6 Å². The summed E-state index contributed by atoms with van der Waals surface area (Å²) in [6.45, 7) is 5.91. The fraction of sp³-hybridized carbons (Fsp3) is 0.350. The third kappa shape index (κ3) is 4.90. The van der Waals surface area contributed by atoms with Gasteiger partial charge in [0.05, 0.1) is 6.10 Å². The van der Waals surface area contributed by atoms with E-state index in [1.807, 2.05) is 32.9 Å². The van der Waals surface area contributed by atoms with Crippen molar-refractivity contribution in [3.8, 4) is 5.75 Å². The van der Waals surface area contributed by atoms with E-state index in [2.05, 4.69) is 11.4 Å². The van der Waals surface area contributed by atoms with Gasteiger partial charge in [0, 0.05) is 25.1 Å². The Labute approximate surface area is 158 Å². The lowest BCUT2D eigenvalue weighted by atomic mass is 9.98. The lowest BCUT2D eigenvalue weighted by Crippen LogP contribution is -2.37. The van der Waals surface area contributed by atoms with E-state index in [1.54, 1.807) is 24.3 Å². The number of anilines is 1. The molecule has 0 spiro atoms. The largest absolute Gasteiger partial charge is 0.462 e. The van der Waals surface area contributed by atoms with Crippen molar-refractivity contribution in [3.05, 3.63) is 59.6 Å². The number of hydrogen-bond donors (Lipinski definition) is 3. The normalized spacial score (nSPS) is 21.3. The van der Waals surface area contributed by atoms with Gasteiger partial charge < -0.3 is 19.5 Å². The zero-order valence-electron chi connectivity index (χ0n) is 15.6. The monoisotopic (exact) mass is 372 g/mol. The summed E-state index contributed by atoms with van der Waals surface area (Å²) in [6, 6.07) is 6.11. The molecule has 1 aliphatic carbocycles. The Bertz CT molecular complexity index is 795. The molecular formula is C20H24N2O5. The summed E-state index contributed by atoms with van der Waals surface area (Å²) in [5, 5.41) is 11.0. The second kappa shape index (κ2) is 7.85. The van der Waals surface area contributed by atoms with Gasteiger partial charge in [0.15, 0.2) is 0 Å². The van der Waals surface area contributed by atoms with Crippen molar-refractivity contribution in [2.24, 2.45) is 0 Å². The van der Waals surface area contributed by atoms with Crippen molar-refractivity contribution >= 4 is 11.7 Å². The molecule has 1 atom stereocenters. The van der Waals surface area contributed by atoms with E-state index in [0.717, 1.165) is 17.8 Å². The van der Waals surface area contributed by atoms with Crippen molar-refractivity contribution in [2.75, 3.05) is 5.32 Å². The maximum Gasteiger partial charge on any atom is 0.342 e. The van der Waals surface area contributed by atoms with Crippen molar-refractivity contribution in [1.29, 1.82) is 0 Å². The molecule has 1 aromatic carbocycles. The SMILES string of the molecule is CC(C)OC1(C)CC=C2CC=C(Oc3ccc(NC(=O)NO)cc3)C=C2O1. The van der Waals surface area contributed by atoms with Crippen molar-refractivity contribution in [2.45, 2.75) is 45.5 Å². The van der Waals surface area contributed by atoms with Gasteiger partial charge in [-0.3, -0.25) is 5.21 Å². The summed E-state index contributed by atoms with van der Waals surface area (Å²) < 4.78 is 17.9. The van der Waals surface area contributed by atoms with Gasteiger partial charge in [-0.2, -0.15) is 0 Å². The Morgan fingerprint density at radius 2 is 2.00 bits per heavy atom. The molecule has 2 amide bonds. The first-order valence-corrected chi connectivity index (χ1v) is 8.84. The topological polar surface area (TPSA) is 89.1 Å². The molecule has 0 radical (unpaired) electrons. The molecule has 144 valence electrons. The fourth-order valence-electron chi connectivity index (χ4n) is 3.00. The lowest BCUT2D eigenvalue weighted by molar-refractivity contribution is -0.222. The molecule has 0 aromatic heterocycles. The van der Waals surface area contributed by atoms with Crippen LogP contribution < -0.4 is 15.5 Å². The number of ether oxygens (including phenoxy) is 3. The Morgan fingerprint density at radius 3 is 2.67 bits per heavy atom. The van der Waals surface area contributed by atoms with E-state index >= 15 is 0 Å². The highest BCUT2D eigenvalue weighted by Gasteiger charge is 2.34. The molecule has 1 aromatic rings. The van der Waals surface area contributed by atoms with Gasteiger partial charge in [0.25, 0.3) is 0 Å². The minimum Gasteiger partial charge on any atom is -0.462 e. The number of carbonyl (C=O) groups is 1. The summed E-state index contributed by atoms with van der Waals surface area (Å²) in [5.41, 5.74) is 3.17. The van der Waals surface area contributed by atoms with Crippen LogP contribution >= 0.6 is 0 Å². The summed E-state index contributed by atoms with van der Waals surface area (Å²) in [5.74, 6) is 1.40. The zero-order chi connectivity index (χ0) is 19.4. The highest BCUT2D eigenvalue weighted by atomic mass is 16.7. The smallest absolute Gasteiger partial charge is 0.342 e. The lowest BCUT2D eigenvalue weighted by Gasteiger charge is -2.37. The quantitative estimate of drug-likeness (QED) is 0.531. The van der Waals surface area contributed by atoms with Crippen LogP contribution in [0.5, 0.6) is 5.75 Å². The van der Waals surface area contributed by atoms with E-state index in [1.165, 1.54) is 5.48 Å². The maximum atomic E-state index is 11.1. The molecule has 3 N–H and O–H groups in total. The summed E-state index contributed by atoms with van der Waals surface area (Å²) in [7, 11) is 0. The summed E-state index contributed by atoms with van der Waals surface area (Å²) in [4.78, 5) is 11.1. The molecule has 2 aliphatic rings. The molecule has 1 heterocycles. The highest BCUT2D eigenvalue weighted by Crippen LogP contribution is 2.37. The third-order valence-corrected chi connectivity index (χ3v) is 4.09. The standard InChI is InChI=1S/C20H24N2O5/c1-13(2)26-20(3)11-10-14-4-7-17(12-18(14)27-20)25-16-8-5-15(6-9-16)21-19(23)22-24/h5-10,12-13,24H,4,11H2,1-3H3,(H2,21,22,23). The van der Waals surface area contributed by atoms with Crippen LogP contribution in [0.1, 0.15) is 33.6 Å². The minimum absolute atomic E-state index is 0.0699. The molecule has 3 rings (SSSR count). The fourth-order valence-corrected chi connectivity index (χ4v) is 3.00. The van der Waals surface area contributed by atoms with Crippen LogP contribution in [-0.4, -0.2) is 23.1 Å². The first kappa shape index (κ1) is 19.0. The Hall–Kier alpha value is -2.77. The van der Waals surface area contributed by atoms with Crippen LogP contribution in [-0.2, 0) is 9.47 Å². The summed E-state index contributed by atoms with van der Waals surface area (Å²) >= 11 is 0. The Balaban J connectivity index is 1.67. The molecular weight excluding hydrogens is 348 g/mol. The predicted molar refractivity (Wildman–Crippen MR) is 100 cm³/mol. The number of carbonyl (C=O) groups excluding carboxylic acids is 1. The second-order valence-electron chi connectivity index (χ2n) is 6.85. The highest BCUT2D eigenvalue weighted by molar-refractivity contribution is 5.88. The van der Waals surface area contributed by atoms with Gasteiger partial charge in [-0.25, -0.2) is 10.3 Å². The van der Waals surface area contributed by atoms with Crippen LogP contribution in [0, 0.1) is 0 Å². The summed E-state index contributed by atoms with van der Waals surface area (Å²) in [6.07, 6.45) is 7.52. The van der Waals surface area contributed by atoms with Gasteiger partial charge in [-0.1, -0.05) is 6.08 Å². The minimum atomic E-state index is -0.705. The molecule has 1 unspecified atom stereocenters. The van der Waals surface area contributed by atoms with Gasteiger partial charge in [0.2, 0.25) is 5.79 Å². The predicted octanol–water partition coefficient (Wildman–Crippen LogP) is 4.24. The average Bonchev–Trinajstić information content (AvgIpc) is 2.62. The molecule has 27 heavy (non-hydrogen) atoms. The molecule has 7 nitrogen and oxygen atoms in total. The number of amides is 2. The van der Waals surface area contributed by atoms with Crippen LogP contribution in [0.4, 0.5) is 10.5 Å². The molecule has 0 saturated carbocycles. The number of urea groups is 1. The van der Waals surface area contributed by atoms with E-state index < -0.39 is 11.8 Å². The van der Waals surface area contributed by atoms with Gasteiger partial charge >= 0.3 is 6.03 Å². The number of benzene rings is 1. The van der Waals surface area contributed by atoms with E-state index in [-0.39, 0.29) is 6.10 Å². The molecule has 1 aliphatic heterocycles. The maximum absolute atomic E-state index is 11.1. The van der Waals surface area contributed by atoms with Gasteiger partial charge in [-0.05, 0) is 56.2 Å². The third-order valence-electron chi connectivity index (χ3n) is 4.09. The van der Waals surface area contributed by atoms with Gasteiger partial charge in [0.1, 0.15) is 17.3 Å². The van der Waals surface area contributed by atoms with Gasteiger partial charge in [-0.15, -0.1) is 0 Å². The molecule has 7 heteroatoms. The van der Waals surface area contributed by atoms with Crippen molar-refractivity contribution in [3.63, 3.8) is 0 Å². The number of rotatable bonds is 5. The number of fused-ring (bicyclic) bond motifs is 1. The zero-order valence-corrected chi connectivity index (χ0v) is 15.6. The van der Waals surface area contributed by atoms with Crippen LogP contribution in [0.2, 0.25) is 0 Å². The number of hydroxylamine groups is 1. The Kier molecular flexibility index (Phi) is 5.53. The number of nitrogens with one attached hydrogen (secondary N) is 2.